The van der Waals surface area contributed by atoms with Gasteiger partial charge in [-0.15, -0.1) is 0 Å². The number of carbonyl (C=O) groups is 2. The summed E-state index contributed by atoms with van der Waals surface area (Å²) in [5.41, 5.74) is 1.89. The quantitative estimate of drug-likeness (QED) is 0.208. The minimum Gasteiger partial charge on any atom is -0.481 e. The van der Waals surface area contributed by atoms with Crippen molar-refractivity contribution in [1.29, 1.82) is 0 Å². The van der Waals surface area contributed by atoms with Crippen LogP contribution in [0.25, 0.3) is 0 Å². The summed E-state index contributed by atoms with van der Waals surface area (Å²) in [6, 6.07) is 27.8. The molecule has 0 saturated carbocycles. The smallest absolute Gasteiger partial charge is 0.316 e. The SMILES string of the molecule is CC(=O)O.CN(C)CCOC(=O)C(C)(C)c1ccc(C(O)CCCN2CCC(C(O)(c3ccccc3)c3ccccc3)CC2)cc1. The Morgan fingerprint density at radius 1 is 0.891 bits per heavy atom. The molecule has 1 atom stereocenters. The van der Waals surface area contributed by atoms with Crippen LogP contribution in [0.2, 0.25) is 0 Å². The Hall–Kier alpha value is -3.56. The van der Waals surface area contributed by atoms with Crippen LogP contribution in [0.15, 0.2) is 84.9 Å². The lowest BCUT2D eigenvalue weighted by molar-refractivity contribution is -0.149. The Labute approximate surface area is 274 Å². The van der Waals surface area contributed by atoms with Crippen molar-refractivity contribution in [3.05, 3.63) is 107 Å². The van der Waals surface area contributed by atoms with Gasteiger partial charge in [-0.05, 0) is 101 Å². The molecule has 3 aromatic rings. The Balaban J connectivity index is 0.00000136. The van der Waals surface area contributed by atoms with Gasteiger partial charge >= 0.3 is 5.97 Å². The van der Waals surface area contributed by atoms with E-state index in [4.69, 9.17) is 14.6 Å². The van der Waals surface area contributed by atoms with Gasteiger partial charge in [0.15, 0.2) is 0 Å². The molecule has 8 nitrogen and oxygen atoms in total. The third-order valence-corrected chi connectivity index (χ3v) is 8.86. The van der Waals surface area contributed by atoms with Gasteiger partial charge < -0.3 is 29.9 Å². The number of hydrogen-bond acceptors (Lipinski definition) is 7. The molecular weight excluding hydrogens is 580 g/mol. The van der Waals surface area contributed by atoms with Gasteiger partial charge in [0.25, 0.3) is 5.97 Å². The predicted octanol–water partition coefficient (Wildman–Crippen LogP) is 5.62. The van der Waals surface area contributed by atoms with Crippen LogP contribution in [0.1, 0.15) is 74.8 Å². The molecule has 1 aliphatic heterocycles. The molecule has 1 aliphatic rings. The molecule has 0 bridgehead atoms. The fourth-order valence-corrected chi connectivity index (χ4v) is 6.01. The number of benzene rings is 3. The zero-order valence-corrected chi connectivity index (χ0v) is 28.1. The Morgan fingerprint density at radius 2 is 1.39 bits per heavy atom. The molecule has 3 N–H and O–H groups in total. The molecule has 4 rings (SSSR count). The van der Waals surface area contributed by atoms with Crippen molar-refractivity contribution in [1.82, 2.24) is 9.80 Å². The highest BCUT2D eigenvalue weighted by Crippen LogP contribution is 2.42. The van der Waals surface area contributed by atoms with Crippen LogP contribution in [0.4, 0.5) is 0 Å². The Kier molecular flexibility index (Phi) is 13.9. The average Bonchev–Trinajstić information content (AvgIpc) is 3.05. The van der Waals surface area contributed by atoms with Crippen molar-refractivity contribution in [3.63, 3.8) is 0 Å². The van der Waals surface area contributed by atoms with Gasteiger partial charge in [0, 0.05) is 13.5 Å². The zero-order chi connectivity index (χ0) is 33.7. The fraction of sp³-hybridized carbons (Fsp3) is 0.474. The van der Waals surface area contributed by atoms with E-state index >= 15 is 0 Å². The number of likely N-dealkylation sites (tertiary alicyclic amines) is 1. The van der Waals surface area contributed by atoms with Crippen molar-refractivity contribution >= 4 is 11.9 Å². The molecule has 46 heavy (non-hydrogen) atoms. The number of nitrogens with zero attached hydrogens (tertiary/aromatic N) is 2. The van der Waals surface area contributed by atoms with Crippen LogP contribution in [0.3, 0.4) is 0 Å². The summed E-state index contributed by atoms with van der Waals surface area (Å²) in [4.78, 5) is 26.1. The lowest BCUT2D eigenvalue weighted by atomic mass is 9.72. The molecule has 0 spiro atoms. The number of rotatable bonds is 13. The molecule has 250 valence electrons. The maximum absolute atomic E-state index is 12.7. The van der Waals surface area contributed by atoms with Gasteiger partial charge in [0.05, 0.1) is 11.5 Å². The fourth-order valence-electron chi connectivity index (χ4n) is 6.01. The van der Waals surface area contributed by atoms with Crippen molar-refractivity contribution in [2.45, 2.75) is 63.6 Å². The minimum absolute atomic E-state index is 0.136. The summed E-state index contributed by atoms with van der Waals surface area (Å²) in [6.07, 6.45) is 2.84. The van der Waals surface area contributed by atoms with Crippen LogP contribution >= 0.6 is 0 Å². The van der Waals surface area contributed by atoms with Gasteiger partial charge in [0.2, 0.25) is 0 Å². The maximum Gasteiger partial charge on any atom is 0.316 e. The van der Waals surface area contributed by atoms with Gasteiger partial charge in [-0.2, -0.15) is 0 Å². The number of carboxylic acid groups (broad SMARTS) is 1. The normalized spacial score (nSPS) is 15.1. The third-order valence-electron chi connectivity index (χ3n) is 8.86. The maximum atomic E-state index is 12.7. The number of piperidine rings is 1. The van der Waals surface area contributed by atoms with Crippen LogP contribution in [-0.2, 0) is 25.3 Å². The molecule has 0 radical (unpaired) electrons. The first-order valence-electron chi connectivity index (χ1n) is 16.2. The molecule has 1 unspecified atom stereocenters. The lowest BCUT2D eigenvalue weighted by Crippen LogP contribution is -2.44. The highest BCUT2D eigenvalue weighted by molar-refractivity contribution is 5.82. The number of aliphatic hydroxyl groups is 2. The molecule has 3 aromatic carbocycles. The van der Waals surface area contributed by atoms with Crippen LogP contribution < -0.4 is 0 Å². The Bertz CT molecular complexity index is 1290. The predicted molar refractivity (Wildman–Crippen MR) is 182 cm³/mol. The first-order chi connectivity index (χ1) is 21.9. The standard InChI is InChI=1S/C36H48N2O4.C2H4O2/c1-35(2,34(40)42-27-26-37(3)4)29-19-17-28(18-20-29)33(39)16-11-23-38-24-21-32(22-25-38)36(41,30-12-7-5-8-13-30)31-14-9-6-10-15-31;1-2(3)4/h5-10,12-15,17-20,32-33,39,41H,11,16,21-27H2,1-4H3;1H3,(H,3,4). The van der Waals surface area contributed by atoms with E-state index in [-0.39, 0.29) is 11.9 Å². The monoisotopic (exact) mass is 632 g/mol. The number of carbonyl (C=O) groups excluding carboxylic acids is 1. The van der Waals surface area contributed by atoms with E-state index in [1.165, 1.54) is 0 Å². The minimum atomic E-state index is -1.01. The molecule has 8 heteroatoms. The molecule has 0 aromatic heterocycles. The number of likely N-dealkylation sites (N-methyl/N-ethyl adjacent to an activating group) is 1. The van der Waals surface area contributed by atoms with Crippen molar-refractivity contribution in [2.75, 3.05) is 46.9 Å². The van der Waals surface area contributed by atoms with E-state index in [0.29, 0.717) is 19.6 Å². The average molecular weight is 633 g/mol. The second-order valence-corrected chi connectivity index (χ2v) is 13.0. The molecule has 1 heterocycles. The first kappa shape index (κ1) is 36.9. The van der Waals surface area contributed by atoms with Gasteiger partial charge in [-0.1, -0.05) is 84.9 Å². The highest BCUT2D eigenvalue weighted by Gasteiger charge is 2.41. The van der Waals surface area contributed by atoms with E-state index < -0.39 is 23.1 Å². The summed E-state index contributed by atoms with van der Waals surface area (Å²) in [5, 5.41) is 30.4. The van der Waals surface area contributed by atoms with Crippen LogP contribution in [0, 0.1) is 5.92 Å². The van der Waals surface area contributed by atoms with E-state index in [9.17, 15) is 15.0 Å². The summed E-state index contributed by atoms with van der Waals surface area (Å²) in [7, 11) is 3.90. The van der Waals surface area contributed by atoms with E-state index in [0.717, 1.165) is 68.1 Å². The third kappa shape index (κ3) is 10.2. The zero-order valence-electron chi connectivity index (χ0n) is 28.1. The number of aliphatic hydroxyl groups excluding tert-OH is 1. The van der Waals surface area contributed by atoms with Gasteiger partial charge in [-0.25, -0.2) is 0 Å². The second-order valence-electron chi connectivity index (χ2n) is 13.0. The summed E-state index contributed by atoms with van der Waals surface area (Å²) in [5.74, 6) is -0.940. The van der Waals surface area contributed by atoms with Crippen LogP contribution in [0.5, 0.6) is 0 Å². The largest absolute Gasteiger partial charge is 0.481 e. The Morgan fingerprint density at radius 3 is 1.87 bits per heavy atom. The van der Waals surface area contributed by atoms with Gasteiger partial charge in [0.1, 0.15) is 12.2 Å². The molecule has 1 fully saturated rings. The van der Waals surface area contributed by atoms with Gasteiger partial charge in [-0.3, -0.25) is 9.59 Å². The molecule has 1 saturated heterocycles. The van der Waals surface area contributed by atoms with E-state index in [1.807, 2.05) is 118 Å². The molecule has 0 amide bonds. The molecule has 0 aliphatic carbocycles. The number of aliphatic carboxylic acids is 1. The van der Waals surface area contributed by atoms with E-state index in [2.05, 4.69) is 4.90 Å². The number of esters is 1. The van der Waals surface area contributed by atoms with Crippen molar-refractivity contribution < 1.29 is 29.6 Å². The lowest BCUT2D eigenvalue weighted by Gasteiger charge is -2.42. The molecular formula is C38H52N2O6. The van der Waals surface area contributed by atoms with E-state index in [1.54, 1.807) is 0 Å². The second kappa shape index (κ2) is 17.4. The van der Waals surface area contributed by atoms with Crippen molar-refractivity contribution in [3.8, 4) is 0 Å². The highest BCUT2D eigenvalue weighted by atomic mass is 16.5. The number of carboxylic acids is 1. The topological polar surface area (TPSA) is 111 Å². The summed E-state index contributed by atoms with van der Waals surface area (Å²) >= 11 is 0. The van der Waals surface area contributed by atoms with Crippen LogP contribution in [-0.4, -0.2) is 83.9 Å². The summed E-state index contributed by atoms with van der Waals surface area (Å²) < 4.78 is 5.48. The summed E-state index contributed by atoms with van der Waals surface area (Å²) in [6.45, 7) is 8.66. The van der Waals surface area contributed by atoms with Crippen molar-refractivity contribution in [2.24, 2.45) is 5.92 Å². The number of ether oxygens (including phenoxy) is 1. The first-order valence-corrected chi connectivity index (χ1v) is 16.2. The number of hydrogen-bond donors (Lipinski definition) is 3.